The molecule has 1 saturated carbocycles. The molecule has 2 rings (SSSR count). The van der Waals surface area contributed by atoms with Crippen molar-refractivity contribution in [2.24, 2.45) is 0 Å². The lowest BCUT2D eigenvalue weighted by Crippen LogP contribution is -2.28. The molecule has 0 atom stereocenters. The number of hydrogen-bond acceptors (Lipinski definition) is 5. The summed E-state index contributed by atoms with van der Waals surface area (Å²) < 4.78 is 4.98. The van der Waals surface area contributed by atoms with Gasteiger partial charge in [0.05, 0.1) is 18.5 Å². The van der Waals surface area contributed by atoms with Crippen molar-refractivity contribution >= 4 is 17.5 Å². The predicted molar refractivity (Wildman–Crippen MR) is 65.9 cm³/mol. The van der Waals surface area contributed by atoms with Gasteiger partial charge >= 0.3 is 5.97 Å². The fraction of sp³-hybridized carbons (Fsp3) is 0.500. The van der Waals surface area contributed by atoms with Gasteiger partial charge in [-0.05, 0) is 32.3 Å². The predicted octanol–water partition coefficient (Wildman–Crippen LogP) is 1.80. The zero-order valence-corrected chi connectivity index (χ0v) is 9.90. The maximum atomic E-state index is 11.7. The Morgan fingerprint density at radius 3 is 3.00 bits per heavy atom. The molecule has 92 valence electrons. The number of nitrogens with one attached hydrogen (secondary N) is 1. The number of pyridine rings is 1. The van der Waals surface area contributed by atoms with Crippen molar-refractivity contribution in [3.05, 3.63) is 17.8 Å². The Labute approximate surface area is 100 Å². The maximum absolute atomic E-state index is 11.7. The highest BCUT2D eigenvalue weighted by Gasteiger charge is 2.21. The van der Waals surface area contributed by atoms with Gasteiger partial charge in [-0.15, -0.1) is 0 Å². The molecule has 0 bridgehead atoms. The van der Waals surface area contributed by atoms with Crippen LogP contribution in [0, 0.1) is 0 Å². The van der Waals surface area contributed by atoms with Gasteiger partial charge in [-0.25, -0.2) is 9.78 Å². The first-order valence-corrected chi connectivity index (χ1v) is 5.90. The molecule has 1 aliphatic carbocycles. The molecule has 1 aliphatic rings. The summed E-state index contributed by atoms with van der Waals surface area (Å²) >= 11 is 0. The van der Waals surface area contributed by atoms with Crippen LogP contribution in [0.25, 0.3) is 0 Å². The molecule has 5 heteroatoms. The van der Waals surface area contributed by atoms with E-state index in [2.05, 4.69) is 10.3 Å². The van der Waals surface area contributed by atoms with Crippen LogP contribution in [0.4, 0.5) is 11.5 Å². The molecule has 1 heterocycles. The van der Waals surface area contributed by atoms with Crippen LogP contribution in [-0.4, -0.2) is 23.6 Å². The van der Waals surface area contributed by atoms with Crippen LogP contribution >= 0.6 is 0 Å². The normalized spacial score (nSPS) is 15.1. The molecular weight excluding hydrogens is 218 g/mol. The Morgan fingerprint density at radius 1 is 1.65 bits per heavy atom. The highest BCUT2D eigenvalue weighted by atomic mass is 16.5. The van der Waals surface area contributed by atoms with Gasteiger partial charge < -0.3 is 15.8 Å². The van der Waals surface area contributed by atoms with Crippen LogP contribution < -0.4 is 11.1 Å². The second kappa shape index (κ2) is 5.03. The number of anilines is 2. The van der Waals surface area contributed by atoms with Crippen molar-refractivity contribution in [1.29, 1.82) is 0 Å². The summed E-state index contributed by atoms with van der Waals surface area (Å²) in [7, 11) is 0. The third-order valence-electron chi connectivity index (χ3n) is 2.85. The number of carbonyl (C=O) groups is 1. The third-order valence-corrected chi connectivity index (χ3v) is 2.85. The summed E-state index contributed by atoms with van der Waals surface area (Å²) in [4.78, 5) is 15.9. The summed E-state index contributed by atoms with van der Waals surface area (Å²) in [5, 5.41) is 3.25. The van der Waals surface area contributed by atoms with Crippen LogP contribution in [0.3, 0.4) is 0 Å². The van der Waals surface area contributed by atoms with E-state index in [0.29, 0.717) is 29.7 Å². The van der Waals surface area contributed by atoms with Crippen molar-refractivity contribution in [3.63, 3.8) is 0 Å². The van der Waals surface area contributed by atoms with E-state index in [4.69, 9.17) is 10.5 Å². The van der Waals surface area contributed by atoms with Gasteiger partial charge in [-0.1, -0.05) is 0 Å². The van der Waals surface area contributed by atoms with E-state index in [0.717, 1.165) is 12.8 Å². The van der Waals surface area contributed by atoms with Crippen LogP contribution in [0.1, 0.15) is 36.5 Å². The lowest BCUT2D eigenvalue weighted by atomic mass is 9.93. The second-order valence-electron chi connectivity index (χ2n) is 4.16. The lowest BCUT2D eigenvalue weighted by molar-refractivity contribution is 0.0527. The molecule has 0 spiro atoms. The number of hydrogen-bond donors (Lipinski definition) is 2. The number of rotatable bonds is 4. The van der Waals surface area contributed by atoms with Crippen molar-refractivity contribution in [2.45, 2.75) is 32.2 Å². The molecule has 0 aromatic carbocycles. The lowest BCUT2D eigenvalue weighted by Gasteiger charge is -2.27. The molecule has 17 heavy (non-hydrogen) atoms. The Hall–Kier alpha value is -1.78. The number of nitrogens with zero attached hydrogens (tertiary/aromatic N) is 1. The van der Waals surface area contributed by atoms with E-state index >= 15 is 0 Å². The largest absolute Gasteiger partial charge is 0.462 e. The van der Waals surface area contributed by atoms with Crippen molar-refractivity contribution in [3.8, 4) is 0 Å². The topological polar surface area (TPSA) is 77.2 Å². The van der Waals surface area contributed by atoms with Crippen LogP contribution in [0.2, 0.25) is 0 Å². The summed E-state index contributed by atoms with van der Waals surface area (Å²) in [6, 6.07) is 2.02. The van der Waals surface area contributed by atoms with E-state index in [1.807, 2.05) is 0 Å². The van der Waals surface area contributed by atoms with E-state index in [1.54, 1.807) is 19.2 Å². The summed E-state index contributed by atoms with van der Waals surface area (Å²) in [6.07, 6.45) is 5.01. The molecule has 3 N–H and O–H groups in total. The molecule has 0 radical (unpaired) electrons. The van der Waals surface area contributed by atoms with E-state index in [1.165, 1.54) is 6.42 Å². The smallest absolute Gasteiger partial charge is 0.341 e. The van der Waals surface area contributed by atoms with E-state index in [-0.39, 0.29) is 5.97 Å². The molecule has 5 nitrogen and oxygen atoms in total. The maximum Gasteiger partial charge on any atom is 0.341 e. The van der Waals surface area contributed by atoms with Gasteiger partial charge in [-0.3, -0.25) is 0 Å². The number of nitrogens with two attached hydrogens (primary N) is 1. The monoisotopic (exact) mass is 235 g/mol. The average Bonchev–Trinajstić information content (AvgIpc) is 2.25. The summed E-state index contributed by atoms with van der Waals surface area (Å²) in [5.74, 6) is 0.191. The Morgan fingerprint density at radius 2 is 2.41 bits per heavy atom. The minimum atomic E-state index is -0.380. The Balaban J connectivity index is 2.19. The molecule has 0 aliphatic heterocycles. The third kappa shape index (κ3) is 2.67. The minimum absolute atomic E-state index is 0.344. The molecule has 1 fully saturated rings. The van der Waals surface area contributed by atoms with Gasteiger partial charge in [0.1, 0.15) is 11.4 Å². The van der Waals surface area contributed by atoms with Gasteiger partial charge in [0, 0.05) is 6.04 Å². The van der Waals surface area contributed by atoms with Gasteiger partial charge in [0.15, 0.2) is 0 Å². The number of nitrogen functional groups attached to an aromatic ring is 1. The highest BCUT2D eigenvalue weighted by Crippen LogP contribution is 2.25. The molecule has 0 saturated heterocycles. The highest BCUT2D eigenvalue weighted by molar-refractivity contribution is 5.95. The van der Waals surface area contributed by atoms with Crippen molar-refractivity contribution in [2.75, 3.05) is 17.7 Å². The van der Waals surface area contributed by atoms with Crippen LogP contribution in [-0.2, 0) is 4.74 Å². The Bertz CT molecular complexity index is 416. The Kier molecular flexibility index (Phi) is 3.46. The van der Waals surface area contributed by atoms with Crippen LogP contribution in [0.15, 0.2) is 12.3 Å². The zero-order chi connectivity index (χ0) is 12.3. The SMILES string of the molecule is CCOC(=O)c1cc(N)cnc1NC1CCC1. The van der Waals surface area contributed by atoms with Gasteiger partial charge in [0.2, 0.25) is 0 Å². The molecular formula is C12H17N3O2. The number of carbonyl (C=O) groups excluding carboxylic acids is 1. The van der Waals surface area contributed by atoms with Gasteiger partial charge in [0.25, 0.3) is 0 Å². The summed E-state index contributed by atoms with van der Waals surface area (Å²) in [6.45, 7) is 2.12. The molecule has 1 aromatic heterocycles. The molecule has 0 amide bonds. The van der Waals surface area contributed by atoms with Crippen molar-refractivity contribution < 1.29 is 9.53 Å². The molecule has 0 unspecified atom stereocenters. The average molecular weight is 235 g/mol. The fourth-order valence-electron chi connectivity index (χ4n) is 1.71. The first-order chi connectivity index (χ1) is 8.20. The van der Waals surface area contributed by atoms with Gasteiger partial charge in [-0.2, -0.15) is 0 Å². The first kappa shape index (κ1) is 11.7. The van der Waals surface area contributed by atoms with E-state index < -0.39 is 0 Å². The van der Waals surface area contributed by atoms with Crippen molar-refractivity contribution in [1.82, 2.24) is 4.98 Å². The standard InChI is InChI=1S/C12H17N3O2/c1-2-17-12(16)10-6-8(13)7-14-11(10)15-9-4-3-5-9/h6-7,9H,2-5,13H2,1H3,(H,14,15). The number of ether oxygens (including phenoxy) is 1. The number of aromatic nitrogens is 1. The zero-order valence-electron chi connectivity index (χ0n) is 9.90. The van der Waals surface area contributed by atoms with Crippen LogP contribution in [0.5, 0.6) is 0 Å². The summed E-state index contributed by atoms with van der Waals surface area (Å²) in [5.41, 5.74) is 6.52. The minimum Gasteiger partial charge on any atom is -0.462 e. The van der Waals surface area contributed by atoms with E-state index in [9.17, 15) is 4.79 Å². The number of esters is 1. The first-order valence-electron chi connectivity index (χ1n) is 5.90. The second-order valence-corrected chi connectivity index (χ2v) is 4.16. The molecule has 1 aromatic rings. The fourth-order valence-corrected chi connectivity index (χ4v) is 1.71. The quantitative estimate of drug-likeness (QED) is 0.778.